The number of fused-ring (bicyclic) bond motifs is 1. The minimum absolute atomic E-state index is 0.112. The molecule has 1 aliphatic rings. The lowest BCUT2D eigenvalue weighted by atomic mass is 10.0. The van der Waals surface area contributed by atoms with E-state index in [1.54, 1.807) is 6.20 Å². The maximum Gasteiger partial charge on any atom is 0.231 e. The predicted molar refractivity (Wildman–Crippen MR) is 119 cm³/mol. The van der Waals surface area contributed by atoms with Gasteiger partial charge in [0.2, 0.25) is 12.7 Å². The third-order valence-electron chi connectivity index (χ3n) is 5.84. The van der Waals surface area contributed by atoms with E-state index in [2.05, 4.69) is 36.2 Å². The van der Waals surface area contributed by atoms with Gasteiger partial charge in [-0.25, -0.2) is 4.98 Å². The van der Waals surface area contributed by atoms with Gasteiger partial charge in [-0.05, 0) is 49.4 Å². The number of rotatable bonds is 9. The van der Waals surface area contributed by atoms with E-state index in [0.717, 1.165) is 35.7 Å². The number of carbonyl (C=O) groups is 1. The van der Waals surface area contributed by atoms with Gasteiger partial charge in [-0.2, -0.15) is 0 Å². The van der Waals surface area contributed by atoms with Crippen molar-refractivity contribution in [2.75, 3.05) is 6.79 Å². The second-order valence-corrected chi connectivity index (χ2v) is 8.04. The Kier molecular flexibility index (Phi) is 6.55. The Morgan fingerprint density at radius 2 is 1.90 bits per heavy atom. The third-order valence-corrected chi connectivity index (χ3v) is 5.84. The highest BCUT2D eigenvalue weighted by Crippen LogP contribution is 2.32. The molecule has 0 bridgehead atoms. The lowest BCUT2D eigenvalue weighted by Gasteiger charge is -2.29. The SMILES string of the molecule is CC(CCc1ccccc1)N(Cc1nccn1C)C(=O)CCc1ccc2c(c1)OCO2. The summed E-state index contributed by atoms with van der Waals surface area (Å²) in [5.41, 5.74) is 2.37. The molecule has 3 aromatic rings. The molecular weight excluding hydrogens is 390 g/mol. The number of amides is 1. The second kappa shape index (κ2) is 9.69. The van der Waals surface area contributed by atoms with Gasteiger partial charge >= 0.3 is 0 Å². The number of nitrogens with zero attached hydrogens (tertiary/aromatic N) is 3. The fourth-order valence-electron chi connectivity index (χ4n) is 3.86. The molecule has 0 N–H and O–H groups in total. The van der Waals surface area contributed by atoms with Crippen LogP contribution in [0.15, 0.2) is 60.9 Å². The summed E-state index contributed by atoms with van der Waals surface area (Å²) >= 11 is 0. The van der Waals surface area contributed by atoms with Gasteiger partial charge in [0, 0.05) is 31.9 Å². The number of aryl methyl sites for hydroxylation is 3. The summed E-state index contributed by atoms with van der Waals surface area (Å²) in [5.74, 6) is 2.55. The smallest absolute Gasteiger partial charge is 0.231 e. The lowest BCUT2D eigenvalue weighted by molar-refractivity contribution is -0.134. The zero-order valence-electron chi connectivity index (χ0n) is 18.2. The summed E-state index contributed by atoms with van der Waals surface area (Å²) in [7, 11) is 1.96. The molecule has 1 unspecified atom stereocenters. The van der Waals surface area contributed by atoms with Crippen LogP contribution in [0.4, 0.5) is 0 Å². The predicted octanol–water partition coefficient (Wildman–Crippen LogP) is 4.13. The van der Waals surface area contributed by atoms with Crippen molar-refractivity contribution >= 4 is 5.91 Å². The number of aromatic nitrogens is 2. The average Bonchev–Trinajstić information content (AvgIpc) is 3.43. The van der Waals surface area contributed by atoms with Crippen molar-refractivity contribution in [3.05, 3.63) is 77.9 Å². The highest BCUT2D eigenvalue weighted by molar-refractivity contribution is 5.76. The molecule has 0 spiro atoms. The second-order valence-electron chi connectivity index (χ2n) is 8.04. The molecule has 31 heavy (non-hydrogen) atoms. The maximum absolute atomic E-state index is 13.3. The Hall–Kier alpha value is -3.28. The van der Waals surface area contributed by atoms with Gasteiger partial charge in [-0.1, -0.05) is 36.4 Å². The Labute approximate surface area is 183 Å². The molecule has 2 heterocycles. The Morgan fingerprint density at radius 3 is 2.68 bits per heavy atom. The topological polar surface area (TPSA) is 56.6 Å². The zero-order chi connectivity index (χ0) is 21.6. The first-order valence-electron chi connectivity index (χ1n) is 10.8. The Bertz CT molecular complexity index is 1020. The number of hydrogen-bond donors (Lipinski definition) is 0. The van der Waals surface area contributed by atoms with Crippen LogP contribution in [-0.4, -0.2) is 33.2 Å². The van der Waals surface area contributed by atoms with E-state index >= 15 is 0 Å². The first-order chi connectivity index (χ1) is 15.1. The van der Waals surface area contributed by atoms with Crippen LogP contribution in [-0.2, 0) is 31.2 Å². The normalized spacial score (nSPS) is 13.2. The van der Waals surface area contributed by atoms with Gasteiger partial charge in [-0.15, -0.1) is 0 Å². The van der Waals surface area contributed by atoms with Gasteiger partial charge in [0.1, 0.15) is 5.82 Å². The Balaban J connectivity index is 1.42. The summed E-state index contributed by atoms with van der Waals surface area (Å²) < 4.78 is 12.8. The molecule has 1 atom stereocenters. The number of benzene rings is 2. The quantitative estimate of drug-likeness (QED) is 0.523. The van der Waals surface area contributed by atoms with Crippen LogP contribution in [0, 0.1) is 0 Å². The third kappa shape index (κ3) is 5.26. The summed E-state index contributed by atoms with van der Waals surface area (Å²) in [4.78, 5) is 19.7. The van der Waals surface area contributed by atoms with Crippen molar-refractivity contribution < 1.29 is 14.3 Å². The first-order valence-corrected chi connectivity index (χ1v) is 10.8. The van der Waals surface area contributed by atoms with Gasteiger partial charge in [0.15, 0.2) is 11.5 Å². The van der Waals surface area contributed by atoms with E-state index in [1.165, 1.54) is 5.56 Å². The van der Waals surface area contributed by atoms with Gasteiger partial charge in [0.25, 0.3) is 0 Å². The number of ether oxygens (including phenoxy) is 2. The minimum Gasteiger partial charge on any atom is -0.454 e. The van der Waals surface area contributed by atoms with Crippen molar-refractivity contribution in [1.29, 1.82) is 0 Å². The summed E-state index contributed by atoms with van der Waals surface area (Å²) in [6.45, 7) is 2.90. The summed E-state index contributed by atoms with van der Waals surface area (Å²) in [6, 6.07) is 16.4. The van der Waals surface area contributed by atoms with Crippen molar-refractivity contribution in [2.45, 2.75) is 45.2 Å². The maximum atomic E-state index is 13.3. The molecule has 162 valence electrons. The van der Waals surface area contributed by atoms with Crippen LogP contribution < -0.4 is 9.47 Å². The molecule has 0 saturated carbocycles. The number of imidazole rings is 1. The molecule has 0 aliphatic carbocycles. The molecule has 0 saturated heterocycles. The van der Waals surface area contributed by atoms with Gasteiger partial charge in [0.05, 0.1) is 6.54 Å². The fraction of sp³-hybridized carbons (Fsp3) is 0.360. The monoisotopic (exact) mass is 419 g/mol. The molecular formula is C25H29N3O3. The summed E-state index contributed by atoms with van der Waals surface area (Å²) in [6.07, 6.45) is 6.65. The van der Waals surface area contributed by atoms with Crippen LogP contribution in [0.2, 0.25) is 0 Å². The van der Waals surface area contributed by atoms with Gasteiger partial charge < -0.3 is 18.9 Å². The molecule has 2 aromatic carbocycles. The van der Waals surface area contributed by atoms with Gasteiger partial charge in [-0.3, -0.25) is 4.79 Å². The molecule has 0 radical (unpaired) electrons. The van der Waals surface area contributed by atoms with Crippen LogP contribution in [0.3, 0.4) is 0 Å². The molecule has 6 heteroatoms. The van der Waals surface area contributed by atoms with E-state index < -0.39 is 0 Å². The van der Waals surface area contributed by atoms with E-state index in [4.69, 9.17) is 9.47 Å². The molecule has 1 amide bonds. The van der Waals surface area contributed by atoms with Crippen molar-refractivity contribution in [3.63, 3.8) is 0 Å². The fourth-order valence-corrected chi connectivity index (χ4v) is 3.86. The highest BCUT2D eigenvalue weighted by Gasteiger charge is 2.22. The van der Waals surface area contributed by atoms with E-state index in [9.17, 15) is 4.79 Å². The molecule has 0 fully saturated rings. The molecule has 6 nitrogen and oxygen atoms in total. The van der Waals surface area contributed by atoms with Crippen LogP contribution in [0.1, 0.15) is 36.7 Å². The van der Waals surface area contributed by atoms with E-state index in [0.29, 0.717) is 19.4 Å². The van der Waals surface area contributed by atoms with Crippen molar-refractivity contribution in [1.82, 2.24) is 14.5 Å². The average molecular weight is 420 g/mol. The first kappa shape index (κ1) is 21.0. The zero-order valence-corrected chi connectivity index (χ0v) is 18.2. The number of hydrogen-bond acceptors (Lipinski definition) is 4. The van der Waals surface area contributed by atoms with E-state index in [1.807, 2.05) is 47.0 Å². The largest absolute Gasteiger partial charge is 0.454 e. The molecule has 1 aliphatic heterocycles. The lowest BCUT2D eigenvalue weighted by Crippen LogP contribution is -2.39. The summed E-state index contributed by atoms with van der Waals surface area (Å²) in [5, 5.41) is 0. The van der Waals surface area contributed by atoms with Crippen LogP contribution in [0.5, 0.6) is 11.5 Å². The van der Waals surface area contributed by atoms with Crippen LogP contribution >= 0.6 is 0 Å². The highest BCUT2D eigenvalue weighted by atomic mass is 16.7. The van der Waals surface area contributed by atoms with Crippen molar-refractivity contribution in [3.8, 4) is 11.5 Å². The minimum atomic E-state index is 0.112. The van der Waals surface area contributed by atoms with Crippen molar-refractivity contribution in [2.24, 2.45) is 7.05 Å². The Morgan fingerprint density at radius 1 is 1.10 bits per heavy atom. The number of carbonyl (C=O) groups excluding carboxylic acids is 1. The molecule has 4 rings (SSSR count). The van der Waals surface area contributed by atoms with E-state index in [-0.39, 0.29) is 18.7 Å². The van der Waals surface area contributed by atoms with Crippen LogP contribution in [0.25, 0.3) is 0 Å². The molecule has 1 aromatic heterocycles. The standard InChI is InChI=1S/C25H29N3O3/c1-19(8-9-20-6-4-3-5-7-20)28(17-24-26-14-15-27(24)2)25(29)13-11-21-10-12-22-23(16-21)31-18-30-22/h3-7,10,12,14-16,19H,8-9,11,13,17-18H2,1-2H3.